The van der Waals surface area contributed by atoms with Crippen LogP contribution in [0.3, 0.4) is 0 Å². The van der Waals surface area contributed by atoms with Crippen molar-refractivity contribution in [3.8, 4) is 0 Å². The number of anilines is 1. The largest absolute Gasteiger partial charge is 0.438 e. The lowest BCUT2D eigenvalue weighted by Crippen LogP contribution is -2.02. The number of nitrogen functional groups attached to an aromatic ring is 1. The summed E-state index contributed by atoms with van der Waals surface area (Å²) in [5.74, 6) is 0.649. The molecule has 0 fully saturated rings. The van der Waals surface area contributed by atoms with Gasteiger partial charge in [0.1, 0.15) is 5.52 Å². The molecule has 0 bridgehead atoms. The van der Waals surface area contributed by atoms with Crippen molar-refractivity contribution in [1.82, 2.24) is 4.98 Å². The van der Waals surface area contributed by atoms with Crippen molar-refractivity contribution in [3.63, 3.8) is 0 Å². The number of oxazole rings is 1. The topological polar surface area (TPSA) is 78.1 Å². The average molecular weight is 177 g/mol. The zero-order valence-electron chi connectivity index (χ0n) is 7.16. The molecule has 68 valence electrons. The quantitative estimate of drug-likeness (QED) is 0.668. The fourth-order valence-electron chi connectivity index (χ4n) is 1.25. The Labute approximate surface area is 75.5 Å². The van der Waals surface area contributed by atoms with E-state index in [0.717, 1.165) is 5.52 Å². The van der Waals surface area contributed by atoms with E-state index in [9.17, 15) is 0 Å². The van der Waals surface area contributed by atoms with Gasteiger partial charge in [-0.1, -0.05) is 6.07 Å². The zero-order chi connectivity index (χ0) is 9.26. The normalized spacial score (nSPS) is 10.8. The second-order valence-corrected chi connectivity index (χ2v) is 2.84. The molecule has 0 radical (unpaired) electrons. The van der Waals surface area contributed by atoms with Gasteiger partial charge in [-0.05, 0) is 12.1 Å². The molecule has 0 spiro atoms. The highest BCUT2D eigenvalue weighted by Crippen LogP contribution is 2.21. The third-order valence-electron chi connectivity index (χ3n) is 1.85. The molecule has 4 heteroatoms. The number of benzene rings is 1. The molecule has 0 unspecified atom stereocenters. The first-order valence-electron chi connectivity index (χ1n) is 4.15. The maximum atomic E-state index is 5.70. The minimum Gasteiger partial charge on any atom is -0.438 e. The van der Waals surface area contributed by atoms with Crippen molar-refractivity contribution < 1.29 is 4.42 Å². The Morgan fingerprint density at radius 2 is 2.23 bits per heavy atom. The highest BCUT2D eigenvalue weighted by molar-refractivity contribution is 5.84. The smallest absolute Gasteiger partial charge is 0.196 e. The molecule has 2 rings (SSSR count). The lowest BCUT2D eigenvalue weighted by atomic mass is 10.3. The van der Waals surface area contributed by atoms with Gasteiger partial charge in [0.15, 0.2) is 11.5 Å². The van der Waals surface area contributed by atoms with Crippen molar-refractivity contribution >= 4 is 16.8 Å². The molecule has 0 aliphatic rings. The van der Waals surface area contributed by atoms with Gasteiger partial charge in [0.2, 0.25) is 0 Å². The van der Waals surface area contributed by atoms with Crippen LogP contribution >= 0.6 is 0 Å². The Bertz CT molecular complexity index is 422. The van der Waals surface area contributed by atoms with Crippen LogP contribution in [0.1, 0.15) is 5.89 Å². The molecule has 1 aromatic heterocycles. The molecule has 0 saturated carbocycles. The molecule has 1 heterocycles. The van der Waals surface area contributed by atoms with Crippen molar-refractivity contribution in [2.45, 2.75) is 6.42 Å². The van der Waals surface area contributed by atoms with E-state index in [4.69, 9.17) is 15.9 Å². The molecule has 0 aliphatic carbocycles. The fraction of sp³-hybridized carbons (Fsp3) is 0.222. The van der Waals surface area contributed by atoms with Gasteiger partial charge in [-0.15, -0.1) is 0 Å². The summed E-state index contributed by atoms with van der Waals surface area (Å²) in [4.78, 5) is 4.24. The van der Waals surface area contributed by atoms with Crippen molar-refractivity contribution in [2.75, 3.05) is 12.3 Å². The van der Waals surface area contributed by atoms with Crippen LogP contribution in [0.25, 0.3) is 11.1 Å². The number of nitrogens with two attached hydrogens (primary N) is 2. The molecule has 0 aliphatic heterocycles. The fourth-order valence-corrected chi connectivity index (χ4v) is 1.25. The number of hydrogen-bond acceptors (Lipinski definition) is 4. The molecule has 4 nitrogen and oxygen atoms in total. The molecule has 4 N–H and O–H groups in total. The van der Waals surface area contributed by atoms with E-state index in [-0.39, 0.29) is 0 Å². The summed E-state index contributed by atoms with van der Waals surface area (Å²) in [6.45, 7) is 0.534. The standard InChI is InChI=1S/C9H11N3O/c10-5-4-8-12-7-3-1-2-6(11)9(7)13-8/h1-3H,4-5,10-11H2. The van der Waals surface area contributed by atoms with Gasteiger partial charge in [0.25, 0.3) is 0 Å². The van der Waals surface area contributed by atoms with Crippen LogP contribution in [0.15, 0.2) is 22.6 Å². The Morgan fingerprint density at radius 3 is 2.92 bits per heavy atom. The average Bonchev–Trinajstić information content (AvgIpc) is 2.49. The third-order valence-corrected chi connectivity index (χ3v) is 1.85. The van der Waals surface area contributed by atoms with E-state index < -0.39 is 0 Å². The Morgan fingerprint density at radius 1 is 1.38 bits per heavy atom. The molecular formula is C9H11N3O. The predicted molar refractivity (Wildman–Crippen MR) is 51.2 cm³/mol. The summed E-state index contributed by atoms with van der Waals surface area (Å²) in [7, 11) is 0. The number of para-hydroxylation sites is 1. The van der Waals surface area contributed by atoms with Gasteiger partial charge in [-0.2, -0.15) is 0 Å². The van der Waals surface area contributed by atoms with E-state index in [2.05, 4.69) is 4.98 Å². The van der Waals surface area contributed by atoms with Gasteiger partial charge in [-0.25, -0.2) is 4.98 Å². The lowest BCUT2D eigenvalue weighted by Gasteiger charge is -1.90. The third kappa shape index (κ3) is 1.36. The SMILES string of the molecule is NCCc1nc2cccc(N)c2o1. The van der Waals surface area contributed by atoms with E-state index >= 15 is 0 Å². The summed E-state index contributed by atoms with van der Waals surface area (Å²) in [6.07, 6.45) is 0.647. The highest BCUT2D eigenvalue weighted by Gasteiger charge is 2.06. The van der Waals surface area contributed by atoms with Crippen molar-refractivity contribution in [3.05, 3.63) is 24.1 Å². The zero-order valence-corrected chi connectivity index (χ0v) is 7.16. The number of aromatic nitrogens is 1. The summed E-state index contributed by atoms with van der Waals surface area (Å²) in [5, 5.41) is 0. The molecule has 13 heavy (non-hydrogen) atoms. The first kappa shape index (κ1) is 8.07. The summed E-state index contributed by atoms with van der Waals surface area (Å²) >= 11 is 0. The molecule has 0 saturated heterocycles. The van der Waals surface area contributed by atoms with Gasteiger partial charge in [0, 0.05) is 13.0 Å². The van der Waals surface area contributed by atoms with E-state index in [1.165, 1.54) is 0 Å². The maximum Gasteiger partial charge on any atom is 0.196 e. The molecule has 0 atom stereocenters. The second kappa shape index (κ2) is 3.06. The van der Waals surface area contributed by atoms with Gasteiger partial charge < -0.3 is 15.9 Å². The van der Waals surface area contributed by atoms with Crippen LogP contribution < -0.4 is 11.5 Å². The number of rotatable bonds is 2. The number of fused-ring (bicyclic) bond motifs is 1. The van der Waals surface area contributed by atoms with Gasteiger partial charge in [-0.3, -0.25) is 0 Å². The Balaban J connectivity index is 2.55. The summed E-state index contributed by atoms with van der Waals surface area (Å²) < 4.78 is 5.42. The Kier molecular flexibility index (Phi) is 1.90. The minimum atomic E-state index is 0.534. The van der Waals surface area contributed by atoms with Gasteiger partial charge in [0.05, 0.1) is 5.69 Å². The second-order valence-electron chi connectivity index (χ2n) is 2.84. The van der Waals surface area contributed by atoms with E-state index in [0.29, 0.717) is 30.1 Å². The lowest BCUT2D eigenvalue weighted by molar-refractivity contribution is 0.532. The summed E-state index contributed by atoms with van der Waals surface area (Å²) in [6, 6.07) is 5.52. The van der Waals surface area contributed by atoms with Crippen LogP contribution in [0.5, 0.6) is 0 Å². The molecule has 1 aromatic carbocycles. The van der Waals surface area contributed by atoms with Gasteiger partial charge >= 0.3 is 0 Å². The van der Waals surface area contributed by atoms with E-state index in [1.54, 1.807) is 6.07 Å². The van der Waals surface area contributed by atoms with Crippen molar-refractivity contribution in [2.24, 2.45) is 5.73 Å². The monoisotopic (exact) mass is 177 g/mol. The molecule has 0 amide bonds. The summed E-state index contributed by atoms with van der Waals surface area (Å²) in [5.41, 5.74) is 13.2. The number of nitrogens with zero attached hydrogens (tertiary/aromatic N) is 1. The first-order chi connectivity index (χ1) is 6.31. The molecule has 2 aromatic rings. The highest BCUT2D eigenvalue weighted by atomic mass is 16.3. The minimum absolute atomic E-state index is 0.534. The number of hydrogen-bond donors (Lipinski definition) is 2. The van der Waals surface area contributed by atoms with Crippen LogP contribution in [0.2, 0.25) is 0 Å². The van der Waals surface area contributed by atoms with E-state index in [1.807, 2.05) is 12.1 Å². The predicted octanol–water partition coefficient (Wildman–Crippen LogP) is 0.911. The Hall–Kier alpha value is -1.55. The van der Waals surface area contributed by atoms with Crippen LogP contribution in [0, 0.1) is 0 Å². The molecular weight excluding hydrogens is 166 g/mol. The first-order valence-corrected chi connectivity index (χ1v) is 4.15. The van der Waals surface area contributed by atoms with Crippen LogP contribution in [-0.4, -0.2) is 11.5 Å². The van der Waals surface area contributed by atoms with Crippen LogP contribution in [-0.2, 0) is 6.42 Å². The van der Waals surface area contributed by atoms with Crippen molar-refractivity contribution in [1.29, 1.82) is 0 Å². The van der Waals surface area contributed by atoms with Crippen LogP contribution in [0.4, 0.5) is 5.69 Å². The maximum absolute atomic E-state index is 5.70.